The Bertz CT molecular complexity index is 753. The third-order valence-corrected chi connectivity index (χ3v) is 3.90. The molecule has 144 valence electrons. The largest absolute Gasteiger partial charge is 0.518 e. The predicted molar refractivity (Wildman–Crippen MR) is 101 cm³/mol. The summed E-state index contributed by atoms with van der Waals surface area (Å²) in [6.45, 7) is 5.76. The fraction of sp³-hybridized carbons (Fsp3) is 0.333. The molecule has 1 unspecified atom stereocenters. The van der Waals surface area contributed by atoms with E-state index in [2.05, 4.69) is 0 Å². The number of quaternary nitrogens is 1. The topological polar surface area (TPSA) is 89.4 Å². The van der Waals surface area contributed by atoms with Crippen LogP contribution in [-0.4, -0.2) is 29.4 Å². The lowest BCUT2D eigenvalue weighted by Crippen LogP contribution is -2.82. The highest BCUT2D eigenvalue weighted by Gasteiger charge is 2.20. The van der Waals surface area contributed by atoms with Gasteiger partial charge in [0.25, 0.3) is 0 Å². The van der Waals surface area contributed by atoms with Crippen LogP contribution in [0.4, 0.5) is 10.5 Å². The average molecular weight is 372 g/mol. The van der Waals surface area contributed by atoms with Gasteiger partial charge in [0.1, 0.15) is 12.3 Å². The van der Waals surface area contributed by atoms with Crippen molar-refractivity contribution in [1.82, 2.24) is 0 Å². The van der Waals surface area contributed by atoms with Crippen LogP contribution < -0.4 is 5.32 Å². The molecule has 27 heavy (non-hydrogen) atoms. The molecule has 0 heterocycles. The van der Waals surface area contributed by atoms with Gasteiger partial charge in [0.15, 0.2) is 6.10 Å². The first-order valence-electron chi connectivity index (χ1n) is 8.87. The Kier molecular flexibility index (Phi) is 7.52. The van der Waals surface area contributed by atoms with E-state index in [9.17, 15) is 14.7 Å². The van der Waals surface area contributed by atoms with E-state index in [1.807, 2.05) is 55.5 Å². The zero-order chi connectivity index (χ0) is 19.8. The van der Waals surface area contributed by atoms with Gasteiger partial charge >= 0.3 is 12.1 Å². The van der Waals surface area contributed by atoms with E-state index in [4.69, 9.17) is 9.47 Å². The van der Waals surface area contributed by atoms with Gasteiger partial charge in [0, 0.05) is 6.42 Å². The molecule has 6 nitrogen and oxygen atoms in total. The number of primary amides is 1. The minimum absolute atomic E-state index is 0.158. The molecule has 2 aromatic rings. The van der Waals surface area contributed by atoms with Crippen LogP contribution in [0.2, 0.25) is 0 Å². The minimum atomic E-state index is -0.978. The van der Waals surface area contributed by atoms with Crippen LogP contribution in [-0.2, 0) is 27.3 Å². The number of carbonyl (C=O) groups is 2. The Morgan fingerprint density at radius 1 is 1.00 bits per heavy atom. The molecule has 2 aromatic carbocycles. The number of carbonyl (C=O) groups excluding carboxylic acids is 1. The summed E-state index contributed by atoms with van der Waals surface area (Å²) in [7, 11) is 0. The predicted octanol–water partition coefficient (Wildman–Crippen LogP) is 2.95. The summed E-state index contributed by atoms with van der Waals surface area (Å²) in [6.07, 6.45) is -1.15. The van der Waals surface area contributed by atoms with Gasteiger partial charge in [-0.1, -0.05) is 42.0 Å². The summed E-state index contributed by atoms with van der Waals surface area (Å²) >= 11 is 0. The molecule has 0 aliphatic heterocycles. The van der Waals surface area contributed by atoms with Gasteiger partial charge in [-0.05, 0) is 44.0 Å². The third-order valence-electron chi connectivity index (χ3n) is 3.90. The first kappa shape index (κ1) is 20.6. The Balaban J connectivity index is 1.85. The van der Waals surface area contributed by atoms with Gasteiger partial charge < -0.3 is 14.6 Å². The number of aryl methyl sites for hydroxylation is 1. The minimum Gasteiger partial charge on any atom is -0.479 e. The smallest absolute Gasteiger partial charge is 0.479 e. The molecule has 3 N–H and O–H groups in total. The number of carboxylic acid groups (broad SMARTS) is 1. The van der Waals surface area contributed by atoms with E-state index in [0.29, 0.717) is 0 Å². The first-order chi connectivity index (χ1) is 12.8. The van der Waals surface area contributed by atoms with E-state index in [1.54, 1.807) is 13.8 Å². The molecule has 0 aromatic heterocycles. The van der Waals surface area contributed by atoms with Crippen molar-refractivity contribution in [2.45, 2.75) is 46.0 Å². The molecule has 0 radical (unpaired) electrons. The summed E-state index contributed by atoms with van der Waals surface area (Å²) in [4.78, 5) is 23.2. The van der Waals surface area contributed by atoms with Gasteiger partial charge in [-0.15, -0.1) is 0 Å². The van der Waals surface area contributed by atoms with Crippen molar-refractivity contribution in [1.29, 1.82) is 0 Å². The van der Waals surface area contributed by atoms with Crippen LogP contribution in [0.5, 0.6) is 0 Å². The molecular formula is C21H26NO5+. The number of ether oxygens (including phenoxy) is 2. The zero-order valence-electron chi connectivity index (χ0n) is 15.8. The molecule has 0 bridgehead atoms. The highest BCUT2D eigenvalue weighted by atomic mass is 16.5. The highest BCUT2D eigenvalue weighted by Crippen LogP contribution is 2.11. The van der Waals surface area contributed by atoms with E-state index in [0.717, 1.165) is 22.4 Å². The molecule has 0 spiro atoms. The van der Waals surface area contributed by atoms with Crippen molar-refractivity contribution in [3.05, 3.63) is 65.2 Å². The van der Waals surface area contributed by atoms with Crippen molar-refractivity contribution in [3.63, 3.8) is 0 Å². The zero-order valence-corrected chi connectivity index (χ0v) is 15.8. The lowest BCUT2D eigenvalue weighted by molar-refractivity contribution is -0.483. The van der Waals surface area contributed by atoms with Crippen LogP contribution >= 0.6 is 0 Å². The maximum absolute atomic E-state index is 11.9. The number of amides is 1. The molecule has 1 atom stereocenters. The normalized spacial score (nSPS) is 12.0. The molecule has 0 fully saturated rings. The third kappa shape index (κ3) is 7.21. The summed E-state index contributed by atoms with van der Waals surface area (Å²) in [5.74, 6) is -0.978. The lowest BCUT2D eigenvalue weighted by Gasteiger charge is -2.16. The molecular weight excluding hydrogens is 346 g/mol. The Morgan fingerprint density at radius 3 is 2.15 bits per heavy atom. The van der Waals surface area contributed by atoms with Crippen molar-refractivity contribution >= 4 is 17.7 Å². The average Bonchev–Trinajstić information content (AvgIpc) is 2.62. The van der Waals surface area contributed by atoms with Crippen LogP contribution in [0, 0.1) is 6.92 Å². The highest BCUT2D eigenvalue weighted by molar-refractivity contribution is 5.72. The van der Waals surface area contributed by atoms with Gasteiger partial charge in [-0.3, -0.25) is 0 Å². The summed E-state index contributed by atoms with van der Waals surface area (Å²) in [6, 6.07) is 14.9. The maximum Gasteiger partial charge on any atom is 0.518 e. The van der Waals surface area contributed by atoms with Crippen molar-refractivity contribution in [2.24, 2.45) is 0 Å². The number of carboxylic acids is 1. The fourth-order valence-electron chi connectivity index (χ4n) is 2.50. The molecule has 0 aliphatic rings. The lowest BCUT2D eigenvalue weighted by atomic mass is 10.1. The Hall–Kier alpha value is -2.70. The quantitative estimate of drug-likeness (QED) is 0.696. The molecule has 0 aliphatic carbocycles. The number of nitrogens with two attached hydrogens (primary N) is 1. The fourth-order valence-corrected chi connectivity index (χ4v) is 2.50. The van der Waals surface area contributed by atoms with E-state index in [1.165, 1.54) is 5.32 Å². The molecule has 0 saturated carbocycles. The maximum atomic E-state index is 11.9. The van der Waals surface area contributed by atoms with Crippen LogP contribution in [0.1, 0.15) is 30.5 Å². The van der Waals surface area contributed by atoms with Gasteiger partial charge in [-0.2, -0.15) is 4.79 Å². The molecule has 2 rings (SSSR count). The van der Waals surface area contributed by atoms with Crippen molar-refractivity contribution in [3.8, 4) is 0 Å². The van der Waals surface area contributed by atoms with E-state index >= 15 is 0 Å². The second-order valence-electron chi connectivity index (χ2n) is 6.70. The van der Waals surface area contributed by atoms with Crippen molar-refractivity contribution in [2.75, 3.05) is 0 Å². The van der Waals surface area contributed by atoms with E-state index < -0.39 is 18.2 Å². The van der Waals surface area contributed by atoms with Crippen molar-refractivity contribution < 1.29 is 29.5 Å². The summed E-state index contributed by atoms with van der Waals surface area (Å²) in [5, 5.41) is 10.7. The van der Waals surface area contributed by atoms with Crippen LogP contribution in [0.25, 0.3) is 0 Å². The van der Waals surface area contributed by atoms with Crippen LogP contribution in [0.3, 0.4) is 0 Å². The van der Waals surface area contributed by atoms with Gasteiger partial charge in [0.05, 0.1) is 6.10 Å². The number of aliphatic carboxylic acids is 1. The molecule has 1 amide bonds. The number of hydrogen-bond donors (Lipinski definition) is 2. The monoisotopic (exact) mass is 372 g/mol. The SMILES string of the molecule is Cc1ccc([NH2+]C(=O)OCc2ccc(CC(OC(C)C)C(=O)O)cc2)cc1. The molecule has 6 heteroatoms. The number of rotatable bonds is 8. The standard InChI is InChI=1S/C21H25NO5/c1-14(2)27-19(20(23)24)12-16-6-8-17(9-7-16)13-26-21(25)22-18-10-4-15(3)5-11-18/h4-11,14,19H,12-13H2,1-3H3,(H,22,25)(H,23,24)/p+1. The first-order valence-corrected chi connectivity index (χ1v) is 8.87. The number of benzene rings is 2. The van der Waals surface area contributed by atoms with E-state index in [-0.39, 0.29) is 19.1 Å². The van der Waals surface area contributed by atoms with Crippen LogP contribution in [0.15, 0.2) is 48.5 Å². The second kappa shape index (κ2) is 9.85. The second-order valence-corrected chi connectivity index (χ2v) is 6.70. The number of hydrogen-bond acceptors (Lipinski definition) is 4. The van der Waals surface area contributed by atoms with Gasteiger partial charge in [0.2, 0.25) is 0 Å². The Morgan fingerprint density at radius 2 is 1.59 bits per heavy atom. The molecule has 0 saturated heterocycles. The van der Waals surface area contributed by atoms with Gasteiger partial charge in [-0.25, -0.2) is 10.1 Å². The Labute approximate surface area is 159 Å². The summed E-state index contributed by atoms with van der Waals surface area (Å²) < 4.78 is 10.7. The summed E-state index contributed by atoms with van der Waals surface area (Å²) in [5.41, 5.74) is 3.61.